The minimum absolute atomic E-state index is 0.0133. The number of rotatable bonds is 25. The lowest BCUT2D eigenvalue weighted by Crippen LogP contribution is -2.60. The molecular weight excluding hydrogens is 925 g/mol. The first kappa shape index (κ1) is 55.5. The van der Waals surface area contributed by atoms with Gasteiger partial charge in [0.2, 0.25) is 47.3 Å². The Morgan fingerprint density at radius 3 is 1.75 bits per heavy atom. The van der Waals surface area contributed by atoms with Crippen LogP contribution in [0.4, 0.5) is 0 Å². The lowest BCUT2D eigenvalue weighted by Gasteiger charge is -2.33. The third-order valence-corrected chi connectivity index (χ3v) is 12.3. The molecule has 1 aliphatic rings. The van der Waals surface area contributed by atoms with Crippen LogP contribution in [0.5, 0.6) is 0 Å². The number of carbonyl (C=O) groups is 8. The van der Waals surface area contributed by atoms with E-state index < -0.39 is 107 Å². The van der Waals surface area contributed by atoms with E-state index in [0.717, 1.165) is 5.56 Å². The van der Waals surface area contributed by atoms with Crippen LogP contribution in [-0.4, -0.2) is 132 Å². The van der Waals surface area contributed by atoms with Crippen LogP contribution >= 0.6 is 0 Å². The largest absolute Gasteiger partial charge is 0.390 e. The fraction of sp³-hybridized carbons (Fsp3) is 0.490. The first-order valence-corrected chi connectivity index (χ1v) is 24.3. The highest BCUT2D eigenvalue weighted by molar-refractivity contribution is 5.96. The maximum Gasteiger partial charge on any atom is 0.246 e. The van der Waals surface area contributed by atoms with Crippen LogP contribution in [0.1, 0.15) is 89.7 Å². The molecule has 0 spiro atoms. The molecule has 2 aromatic carbocycles. The number of benzene rings is 2. The molecule has 0 bridgehead atoms. The SMILES string of the molecule is CC(=O)N[C@@H](Cc1cnc[nH]1)C(=O)N1CCC[C@@H]1C(=O)N[C@@H](Cc1ccccc1)C(=O)N[C@@H](Cc1cnc[nH]1)C(=O)N[C@@H](CC(C)C)[C@@H](O)CC(=O)N[C@H](C(=O)N[C@@H](Cc1ccccc1)C(N)=O)C(C)(C)C. The van der Waals surface area contributed by atoms with Crippen molar-refractivity contribution in [3.05, 3.63) is 108 Å². The fourth-order valence-corrected chi connectivity index (χ4v) is 8.65. The Bertz CT molecular complexity index is 2430. The van der Waals surface area contributed by atoms with Gasteiger partial charge in [-0.25, -0.2) is 9.97 Å². The Morgan fingerprint density at radius 1 is 0.708 bits per heavy atom. The van der Waals surface area contributed by atoms with Gasteiger partial charge < -0.3 is 57.6 Å². The number of nitrogens with zero attached hydrogens (tertiary/aromatic N) is 3. The topological polar surface area (TPSA) is 316 Å². The summed E-state index contributed by atoms with van der Waals surface area (Å²) >= 11 is 0. The van der Waals surface area contributed by atoms with E-state index in [0.29, 0.717) is 29.8 Å². The van der Waals surface area contributed by atoms with Gasteiger partial charge in [0, 0.05) is 62.9 Å². The minimum atomic E-state index is -1.47. The summed E-state index contributed by atoms with van der Waals surface area (Å²) in [5, 5.41) is 28.2. The fourth-order valence-electron chi connectivity index (χ4n) is 8.65. The molecule has 21 heteroatoms. The van der Waals surface area contributed by atoms with E-state index in [-0.39, 0.29) is 44.6 Å². The first-order valence-electron chi connectivity index (χ1n) is 24.3. The molecular formula is C51H70N12O9. The Balaban J connectivity index is 1.32. The number of hydrogen-bond acceptors (Lipinski definition) is 11. The third kappa shape index (κ3) is 16.9. The average molecular weight is 995 g/mol. The highest BCUT2D eigenvalue weighted by Gasteiger charge is 2.40. The van der Waals surface area contributed by atoms with Crippen LogP contribution in [0, 0.1) is 11.3 Å². The maximum atomic E-state index is 14.5. The van der Waals surface area contributed by atoms with Crippen molar-refractivity contribution in [3.63, 3.8) is 0 Å². The van der Waals surface area contributed by atoms with Crippen molar-refractivity contribution >= 4 is 47.3 Å². The molecule has 8 amide bonds. The quantitative estimate of drug-likeness (QED) is 0.0440. The van der Waals surface area contributed by atoms with Gasteiger partial charge in [-0.2, -0.15) is 0 Å². The number of amides is 8. The smallest absolute Gasteiger partial charge is 0.246 e. The highest BCUT2D eigenvalue weighted by Crippen LogP contribution is 2.22. The summed E-state index contributed by atoms with van der Waals surface area (Å²) in [7, 11) is 0. The number of hydrogen-bond donors (Lipinski definition) is 10. The molecule has 0 radical (unpaired) electrons. The second-order valence-corrected chi connectivity index (χ2v) is 19.9. The standard InChI is InChI=1S/C51H70N12O9/c1-30(2)20-36(42(65)25-43(66)62-44(51(4,5)6)49(71)59-37(45(52)67)21-32-14-9-7-10-15-32)58-47(69)39(23-34-26-53-28-55-34)60-46(68)38(22-33-16-11-8-12-17-33)61-48(70)41-18-13-19-63(41)50(72)40(57-31(3)64)24-35-27-54-29-56-35/h7-12,14-17,26-30,36-42,44,65H,13,18-25H2,1-6H3,(H2,52,67)(H,53,55)(H,54,56)(H,57,64)(H,58,69)(H,59,71)(H,60,68)(H,61,70)(H,62,66)/t36-,37-,38-,39-,40-,41+,42-,44+/m0/s1. The van der Waals surface area contributed by atoms with Gasteiger partial charge in [-0.3, -0.25) is 38.4 Å². The van der Waals surface area contributed by atoms with Crippen LogP contribution < -0.4 is 37.6 Å². The van der Waals surface area contributed by atoms with Crippen molar-refractivity contribution in [3.8, 4) is 0 Å². The molecule has 21 nitrogen and oxygen atoms in total. The van der Waals surface area contributed by atoms with Crippen molar-refractivity contribution in [2.75, 3.05) is 6.54 Å². The van der Waals surface area contributed by atoms with E-state index in [1.807, 2.05) is 19.9 Å². The number of aliphatic hydroxyl groups excluding tert-OH is 1. The van der Waals surface area contributed by atoms with Crippen LogP contribution in [0.25, 0.3) is 0 Å². The number of carbonyl (C=O) groups excluding carboxylic acids is 8. The number of imidazole rings is 2. The van der Waals surface area contributed by atoms with Gasteiger partial charge in [0.05, 0.1) is 31.2 Å². The van der Waals surface area contributed by atoms with Crippen molar-refractivity contribution in [2.45, 2.75) is 141 Å². The Morgan fingerprint density at radius 2 is 1.24 bits per heavy atom. The summed E-state index contributed by atoms with van der Waals surface area (Å²) in [4.78, 5) is 125. The van der Waals surface area contributed by atoms with E-state index in [2.05, 4.69) is 51.8 Å². The normalized spacial score (nSPS) is 16.5. The number of aliphatic hydroxyl groups is 1. The predicted molar refractivity (Wildman–Crippen MR) is 266 cm³/mol. The molecule has 2 aromatic heterocycles. The van der Waals surface area contributed by atoms with Crippen molar-refractivity contribution < 1.29 is 43.5 Å². The zero-order valence-corrected chi connectivity index (χ0v) is 41.8. The second kappa shape index (κ2) is 26.1. The van der Waals surface area contributed by atoms with Crippen molar-refractivity contribution in [1.82, 2.24) is 56.7 Å². The van der Waals surface area contributed by atoms with Crippen molar-refractivity contribution in [2.24, 2.45) is 17.1 Å². The molecule has 1 saturated heterocycles. The summed E-state index contributed by atoms with van der Waals surface area (Å²) in [5.74, 6) is -5.12. The molecule has 11 N–H and O–H groups in total. The van der Waals surface area contributed by atoms with Gasteiger partial charge >= 0.3 is 0 Å². The Kier molecular flexibility index (Phi) is 20.2. The number of aromatic amines is 2. The molecule has 8 atom stereocenters. The zero-order chi connectivity index (χ0) is 52.5. The zero-order valence-electron chi connectivity index (χ0n) is 41.8. The summed E-state index contributed by atoms with van der Waals surface area (Å²) in [5.41, 5.74) is 7.36. The van der Waals surface area contributed by atoms with Crippen LogP contribution in [0.3, 0.4) is 0 Å². The molecule has 5 rings (SSSR count). The van der Waals surface area contributed by atoms with E-state index in [4.69, 9.17) is 5.73 Å². The van der Waals surface area contributed by atoms with Gasteiger partial charge in [0.25, 0.3) is 0 Å². The van der Waals surface area contributed by atoms with Gasteiger partial charge in [-0.15, -0.1) is 0 Å². The molecule has 0 unspecified atom stereocenters. The third-order valence-electron chi connectivity index (χ3n) is 12.3. The summed E-state index contributed by atoms with van der Waals surface area (Å²) in [6.45, 7) is 10.5. The highest BCUT2D eigenvalue weighted by atomic mass is 16.3. The van der Waals surface area contributed by atoms with Crippen LogP contribution in [0.15, 0.2) is 85.7 Å². The first-order chi connectivity index (χ1) is 34.2. The summed E-state index contributed by atoms with van der Waals surface area (Å²) in [6, 6.07) is 10.2. The Labute approximate surface area is 419 Å². The van der Waals surface area contributed by atoms with E-state index in [1.165, 1.54) is 30.7 Å². The second-order valence-electron chi connectivity index (χ2n) is 19.9. The summed E-state index contributed by atoms with van der Waals surface area (Å²) in [6.07, 6.45) is 5.07. The van der Waals surface area contributed by atoms with E-state index in [1.54, 1.807) is 81.6 Å². The molecule has 388 valence electrons. The molecule has 0 saturated carbocycles. The number of likely N-dealkylation sites (tertiary alicyclic amines) is 1. The van der Waals surface area contributed by atoms with Crippen molar-refractivity contribution in [1.29, 1.82) is 0 Å². The maximum absolute atomic E-state index is 14.5. The van der Waals surface area contributed by atoms with Gasteiger partial charge in [0.15, 0.2) is 0 Å². The number of nitrogens with one attached hydrogen (secondary N) is 8. The Hall–Kier alpha value is -7.42. The molecule has 72 heavy (non-hydrogen) atoms. The molecule has 3 heterocycles. The monoisotopic (exact) mass is 995 g/mol. The van der Waals surface area contributed by atoms with Gasteiger partial charge in [0.1, 0.15) is 36.3 Å². The lowest BCUT2D eigenvalue weighted by molar-refractivity contribution is -0.142. The predicted octanol–water partition coefficient (Wildman–Crippen LogP) is 0.652. The minimum Gasteiger partial charge on any atom is -0.390 e. The van der Waals surface area contributed by atoms with Gasteiger partial charge in [-0.1, -0.05) is 95.3 Å². The number of primary amides is 1. The van der Waals surface area contributed by atoms with E-state index in [9.17, 15) is 43.5 Å². The molecule has 1 aliphatic heterocycles. The van der Waals surface area contributed by atoms with Gasteiger partial charge in [-0.05, 0) is 41.7 Å². The number of nitrogens with two attached hydrogens (primary N) is 1. The molecule has 1 fully saturated rings. The van der Waals surface area contributed by atoms with E-state index >= 15 is 0 Å². The molecule has 0 aliphatic carbocycles. The lowest BCUT2D eigenvalue weighted by atomic mass is 9.85. The average Bonchev–Trinajstić information content (AvgIpc) is 4.14. The number of H-pyrrole nitrogens is 2. The van der Waals surface area contributed by atoms with Crippen LogP contribution in [0.2, 0.25) is 0 Å². The number of aromatic nitrogens is 4. The summed E-state index contributed by atoms with van der Waals surface area (Å²) < 4.78 is 0. The molecule has 4 aromatic rings. The van der Waals surface area contributed by atoms with Crippen LogP contribution in [-0.2, 0) is 64.0 Å².